The number of nitrogens with zero attached hydrogens (tertiary/aromatic N) is 1. The number of carbonyl (C=O) groups is 2. The highest BCUT2D eigenvalue weighted by atomic mass is 19.4. The zero-order valence-corrected chi connectivity index (χ0v) is 13.1. The van der Waals surface area contributed by atoms with E-state index in [4.69, 9.17) is 0 Å². The minimum Gasteiger partial charge on any atom is -0.356 e. The first kappa shape index (κ1) is 18.2. The van der Waals surface area contributed by atoms with Crippen LogP contribution in [0.3, 0.4) is 0 Å². The number of hydrogen-bond donors (Lipinski definition) is 1. The summed E-state index contributed by atoms with van der Waals surface area (Å²) in [4.78, 5) is 24.7. The van der Waals surface area contributed by atoms with Crippen molar-refractivity contribution in [1.29, 1.82) is 0 Å². The van der Waals surface area contributed by atoms with E-state index in [0.29, 0.717) is 44.6 Å². The van der Waals surface area contributed by atoms with E-state index in [-0.39, 0.29) is 17.4 Å². The van der Waals surface area contributed by atoms with Gasteiger partial charge in [0.15, 0.2) is 0 Å². The Morgan fingerprint density at radius 3 is 2.42 bits per heavy atom. The Morgan fingerprint density at radius 2 is 1.88 bits per heavy atom. The fourth-order valence-electron chi connectivity index (χ4n) is 2.69. The Balaban J connectivity index is 2.02. The maximum absolute atomic E-state index is 13.3. The maximum atomic E-state index is 13.3. The molecule has 1 aliphatic heterocycles. The summed E-state index contributed by atoms with van der Waals surface area (Å²) >= 11 is 0. The van der Waals surface area contributed by atoms with Crippen molar-refractivity contribution in [3.8, 4) is 0 Å². The third-order valence-corrected chi connectivity index (χ3v) is 4.06. The van der Waals surface area contributed by atoms with Crippen molar-refractivity contribution in [1.82, 2.24) is 10.2 Å². The van der Waals surface area contributed by atoms with Gasteiger partial charge >= 0.3 is 6.18 Å². The third-order valence-electron chi connectivity index (χ3n) is 4.06. The normalized spacial score (nSPS) is 16.1. The van der Waals surface area contributed by atoms with Crippen LogP contribution >= 0.6 is 0 Å². The molecule has 1 aliphatic rings. The van der Waals surface area contributed by atoms with Gasteiger partial charge in [0, 0.05) is 32.1 Å². The second-order valence-electron chi connectivity index (χ2n) is 5.87. The van der Waals surface area contributed by atoms with Crippen molar-refractivity contribution in [2.24, 2.45) is 5.92 Å². The third kappa shape index (κ3) is 4.46. The molecule has 8 heteroatoms. The molecule has 0 bridgehead atoms. The molecule has 2 amide bonds. The van der Waals surface area contributed by atoms with Gasteiger partial charge in [-0.15, -0.1) is 0 Å². The fraction of sp³-hybridized carbons (Fsp3) is 0.500. The van der Waals surface area contributed by atoms with Crippen molar-refractivity contribution in [2.75, 3.05) is 19.6 Å². The molecule has 1 fully saturated rings. The van der Waals surface area contributed by atoms with Crippen LogP contribution in [0, 0.1) is 11.7 Å². The standard InChI is InChI=1S/C16H18F4N2O2/c1-10(23)21-9-11-4-6-22(7-5-11)15(24)12-2-3-14(17)13(8-12)16(18,19)20/h2-3,8,11H,4-7,9H2,1H3,(H,21,23). The van der Waals surface area contributed by atoms with E-state index in [2.05, 4.69) is 5.32 Å². The summed E-state index contributed by atoms with van der Waals surface area (Å²) in [6.45, 7) is 2.72. The van der Waals surface area contributed by atoms with Crippen LogP contribution in [-0.4, -0.2) is 36.3 Å². The van der Waals surface area contributed by atoms with E-state index in [9.17, 15) is 27.2 Å². The summed E-state index contributed by atoms with van der Waals surface area (Å²) in [6, 6.07) is 2.29. The molecule has 0 saturated carbocycles. The Morgan fingerprint density at radius 1 is 1.25 bits per heavy atom. The van der Waals surface area contributed by atoms with Crippen LogP contribution in [0.5, 0.6) is 0 Å². The summed E-state index contributed by atoms with van der Waals surface area (Å²) in [7, 11) is 0. The van der Waals surface area contributed by atoms with Crippen molar-refractivity contribution < 1.29 is 27.2 Å². The Bertz CT molecular complexity index is 623. The molecular weight excluding hydrogens is 328 g/mol. The Kier molecular flexibility index (Phi) is 5.46. The lowest BCUT2D eigenvalue weighted by atomic mass is 9.96. The number of hydrogen-bond acceptors (Lipinski definition) is 2. The largest absolute Gasteiger partial charge is 0.419 e. The van der Waals surface area contributed by atoms with Crippen LogP contribution < -0.4 is 5.32 Å². The smallest absolute Gasteiger partial charge is 0.356 e. The number of benzene rings is 1. The SMILES string of the molecule is CC(=O)NCC1CCN(C(=O)c2ccc(F)c(C(F)(F)F)c2)CC1. The van der Waals surface area contributed by atoms with Gasteiger partial charge in [0.05, 0.1) is 5.56 Å². The topological polar surface area (TPSA) is 49.4 Å². The number of likely N-dealkylation sites (tertiary alicyclic amines) is 1. The van der Waals surface area contributed by atoms with E-state index in [1.54, 1.807) is 0 Å². The van der Waals surface area contributed by atoms with Crippen LogP contribution in [0.4, 0.5) is 17.6 Å². The van der Waals surface area contributed by atoms with Crippen LogP contribution in [0.2, 0.25) is 0 Å². The summed E-state index contributed by atoms with van der Waals surface area (Å²) in [5, 5.41) is 2.71. The van der Waals surface area contributed by atoms with Crippen LogP contribution in [0.25, 0.3) is 0 Å². The number of piperidine rings is 1. The molecule has 1 saturated heterocycles. The summed E-state index contributed by atoms with van der Waals surface area (Å²) < 4.78 is 51.5. The second-order valence-corrected chi connectivity index (χ2v) is 5.87. The van der Waals surface area contributed by atoms with E-state index >= 15 is 0 Å². The number of carbonyl (C=O) groups excluding carboxylic acids is 2. The van der Waals surface area contributed by atoms with Crippen LogP contribution in [0.1, 0.15) is 35.7 Å². The molecular formula is C16H18F4N2O2. The van der Waals surface area contributed by atoms with E-state index in [1.165, 1.54) is 11.8 Å². The van der Waals surface area contributed by atoms with E-state index in [1.807, 2.05) is 0 Å². The molecule has 1 aromatic carbocycles. The molecule has 0 atom stereocenters. The lowest BCUT2D eigenvalue weighted by molar-refractivity contribution is -0.140. The number of nitrogens with one attached hydrogen (secondary N) is 1. The van der Waals surface area contributed by atoms with Gasteiger partial charge in [-0.3, -0.25) is 9.59 Å². The predicted octanol–water partition coefficient (Wildman–Crippen LogP) is 2.83. The molecule has 132 valence electrons. The average molecular weight is 346 g/mol. The molecule has 0 spiro atoms. The fourth-order valence-corrected chi connectivity index (χ4v) is 2.69. The molecule has 0 aliphatic carbocycles. The van der Waals surface area contributed by atoms with Crippen molar-refractivity contribution >= 4 is 11.8 Å². The molecule has 0 aromatic heterocycles. The highest BCUT2D eigenvalue weighted by molar-refractivity contribution is 5.94. The predicted molar refractivity (Wildman–Crippen MR) is 78.7 cm³/mol. The molecule has 0 unspecified atom stereocenters. The molecule has 24 heavy (non-hydrogen) atoms. The number of halogens is 4. The van der Waals surface area contributed by atoms with Gasteiger partial charge in [0.2, 0.25) is 5.91 Å². The zero-order valence-electron chi connectivity index (χ0n) is 13.1. The first-order valence-electron chi connectivity index (χ1n) is 7.59. The zero-order chi connectivity index (χ0) is 17.9. The van der Waals surface area contributed by atoms with E-state index < -0.39 is 23.5 Å². The first-order valence-corrected chi connectivity index (χ1v) is 7.59. The van der Waals surface area contributed by atoms with Crippen molar-refractivity contribution in [2.45, 2.75) is 25.9 Å². The van der Waals surface area contributed by atoms with Gasteiger partial charge in [-0.2, -0.15) is 13.2 Å². The summed E-state index contributed by atoms with van der Waals surface area (Å²) in [5.41, 5.74) is -1.61. The lowest BCUT2D eigenvalue weighted by Crippen LogP contribution is -2.41. The monoisotopic (exact) mass is 346 g/mol. The van der Waals surface area contributed by atoms with Gasteiger partial charge in [-0.1, -0.05) is 0 Å². The van der Waals surface area contributed by atoms with Gasteiger partial charge in [-0.05, 0) is 37.0 Å². The quantitative estimate of drug-likeness (QED) is 0.856. The average Bonchev–Trinajstić information content (AvgIpc) is 2.52. The number of alkyl halides is 3. The first-order chi connectivity index (χ1) is 11.2. The summed E-state index contributed by atoms with van der Waals surface area (Å²) in [5.74, 6) is -1.83. The Hall–Kier alpha value is -2.12. The molecule has 4 nitrogen and oxygen atoms in total. The molecule has 1 aromatic rings. The minimum atomic E-state index is -4.84. The lowest BCUT2D eigenvalue weighted by Gasteiger charge is -2.32. The summed E-state index contributed by atoms with van der Waals surface area (Å²) in [6.07, 6.45) is -3.54. The molecule has 1 N–H and O–H groups in total. The van der Waals surface area contributed by atoms with Crippen molar-refractivity contribution in [3.63, 3.8) is 0 Å². The highest BCUT2D eigenvalue weighted by Gasteiger charge is 2.35. The molecule has 2 rings (SSSR count). The maximum Gasteiger partial charge on any atom is 0.419 e. The molecule has 1 heterocycles. The number of rotatable bonds is 3. The van der Waals surface area contributed by atoms with E-state index in [0.717, 1.165) is 6.07 Å². The van der Waals surface area contributed by atoms with Gasteiger partial charge in [0.25, 0.3) is 5.91 Å². The Labute approximate surface area is 136 Å². The van der Waals surface area contributed by atoms with Crippen LogP contribution in [-0.2, 0) is 11.0 Å². The number of amides is 2. The highest BCUT2D eigenvalue weighted by Crippen LogP contribution is 2.32. The van der Waals surface area contributed by atoms with Gasteiger partial charge in [0.1, 0.15) is 5.82 Å². The molecule has 0 radical (unpaired) electrons. The van der Waals surface area contributed by atoms with Crippen molar-refractivity contribution in [3.05, 3.63) is 35.1 Å². The second kappa shape index (κ2) is 7.19. The van der Waals surface area contributed by atoms with Gasteiger partial charge < -0.3 is 10.2 Å². The van der Waals surface area contributed by atoms with Gasteiger partial charge in [-0.25, -0.2) is 4.39 Å². The minimum absolute atomic E-state index is 0.125. The van der Waals surface area contributed by atoms with Crippen LogP contribution in [0.15, 0.2) is 18.2 Å².